The highest BCUT2D eigenvalue weighted by atomic mass is 16.5. The zero-order chi connectivity index (χ0) is 16.7. The van der Waals surface area contributed by atoms with Crippen LogP contribution in [0.3, 0.4) is 0 Å². The van der Waals surface area contributed by atoms with Crippen molar-refractivity contribution in [3.05, 3.63) is 0 Å². The summed E-state index contributed by atoms with van der Waals surface area (Å²) in [5.74, 6) is 0.0544. The summed E-state index contributed by atoms with van der Waals surface area (Å²) in [7, 11) is 0. The average Bonchev–Trinajstić information content (AvgIpc) is 2.67. The van der Waals surface area contributed by atoms with Crippen molar-refractivity contribution in [3.63, 3.8) is 0 Å². The smallest absolute Gasteiger partial charge is 0.246 e. The number of nitrogens with zero attached hydrogens (tertiary/aromatic N) is 1. The molecule has 0 radical (unpaired) electrons. The van der Waals surface area contributed by atoms with Gasteiger partial charge in [0.25, 0.3) is 0 Å². The lowest BCUT2D eigenvalue weighted by atomic mass is 9.79. The second-order valence-electron chi connectivity index (χ2n) is 7.73. The van der Waals surface area contributed by atoms with Crippen LogP contribution in [0.25, 0.3) is 0 Å². The number of rotatable bonds is 6. The van der Waals surface area contributed by atoms with Crippen molar-refractivity contribution in [2.24, 2.45) is 0 Å². The van der Waals surface area contributed by atoms with E-state index in [4.69, 9.17) is 9.47 Å². The number of morpholine rings is 1. The Morgan fingerprint density at radius 2 is 1.71 bits per heavy atom. The van der Waals surface area contributed by atoms with Crippen molar-refractivity contribution in [3.8, 4) is 0 Å². The largest absolute Gasteiger partial charge is 0.379 e. The average molecular weight is 338 g/mol. The molecule has 0 aromatic rings. The summed E-state index contributed by atoms with van der Waals surface area (Å²) in [6.07, 6.45) is 12.6. The van der Waals surface area contributed by atoms with Crippen LogP contribution in [0.1, 0.15) is 64.2 Å². The highest BCUT2D eigenvalue weighted by molar-refractivity contribution is 5.77. The van der Waals surface area contributed by atoms with Gasteiger partial charge in [0.2, 0.25) is 5.91 Å². The van der Waals surface area contributed by atoms with Crippen molar-refractivity contribution in [2.45, 2.75) is 75.9 Å². The second kappa shape index (κ2) is 9.16. The Labute approximate surface area is 146 Å². The van der Waals surface area contributed by atoms with Gasteiger partial charge in [-0.15, -0.1) is 0 Å². The number of nitrogens with one attached hydrogen (secondary N) is 1. The predicted octanol–water partition coefficient (Wildman–Crippen LogP) is 2.49. The van der Waals surface area contributed by atoms with Crippen LogP contribution in [0.5, 0.6) is 0 Å². The number of amides is 1. The molecule has 24 heavy (non-hydrogen) atoms. The zero-order valence-corrected chi connectivity index (χ0v) is 15.1. The van der Waals surface area contributed by atoms with E-state index in [-0.39, 0.29) is 18.1 Å². The molecule has 0 aromatic carbocycles. The third-order valence-electron chi connectivity index (χ3n) is 6.08. The molecule has 3 fully saturated rings. The van der Waals surface area contributed by atoms with E-state index in [1.165, 1.54) is 51.4 Å². The fourth-order valence-corrected chi connectivity index (χ4v) is 4.59. The first-order valence-corrected chi connectivity index (χ1v) is 10.00. The second-order valence-corrected chi connectivity index (χ2v) is 7.73. The molecule has 3 rings (SSSR count). The van der Waals surface area contributed by atoms with Gasteiger partial charge in [-0.1, -0.05) is 38.5 Å². The van der Waals surface area contributed by atoms with Gasteiger partial charge in [0, 0.05) is 25.2 Å². The standard InChI is InChI=1S/C19H34N2O3/c22-18(15-24-17-7-3-1-4-8-17)20-16-19(9-5-2-6-10-19)21-11-13-23-14-12-21/h17H,1-16H2,(H,20,22). The number of ether oxygens (including phenoxy) is 2. The summed E-state index contributed by atoms with van der Waals surface area (Å²) in [5, 5.41) is 3.18. The van der Waals surface area contributed by atoms with Crippen LogP contribution < -0.4 is 5.32 Å². The van der Waals surface area contributed by atoms with Crippen molar-refractivity contribution < 1.29 is 14.3 Å². The molecule has 1 N–H and O–H groups in total. The van der Waals surface area contributed by atoms with E-state index < -0.39 is 0 Å². The Morgan fingerprint density at radius 1 is 1.04 bits per heavy atom. The topological polar surface area (TPSA) is 50.8 Å². The number of carbonyl (C=O) groups excluding carboxylic acids is 1. The molecular weight excluding hydrogens is 304 g/mol. The summed E-state index contributed by atoms with van der Waals surface area (Å²) in [6, 6.07) is 0. The van der Waals surface area contributed by atoms with E-state index in [9.17, 15) is 4.79 Å². The minimum Gasteiger partial charge on any atom is -0.379 e. The third kappa shape index (κ3) is 4.93. The predicted molar refractivity (Wildman–Crippen MR) is 94.0 cm³/mol. The first-order chi connectivity index (χ1) is 11.8. The molecule has 1 aliphatic heterocycles. The van der Waals surface area contributed by atoms with Crippen LogP contribution in [0.4, 0.5) is 0 Å². The Kier molecular flexibility index (Phi) is 6.93. The summed E-state index contributed by atoms with van der Waals surface area (Å²) < 4.78 is 11.3. The summed E-state index contributed by atoms with van der Waals surface area (Å²) in [5.41, 5.74) is 0.141. The quantitative estimate of drug-likeness (QED) is 0.808. The lowest BCUT2D eigenvalue weighted by molar-refractivity contribution is -0.129. The van der Waals surface area contributed by atoms with Crippen molar-refractivity contribution >= 4 is 5.91 Å². The number of hydrogen-bond acceptors (Lipinski definition) is 4. The van der Waals surface area contributed by atoms with Crippen LogP contribution in [0.2, 0.25) is 0 Å². The maximum atomic E-state index is 12.3. The number of hydrogen-bond donors (Lipinski definition) is 1. The fourth-order valence-electron chi connectivity index (χ4n) is 4.59. The summed E-state index contributed by atoms with van der Waals surface area (Å²) in [6.45, 7) is 4.62. The van der Waals surface area contributed by atoms with Gasteiger partial charge in [-0.3, -0.25) is 9.69 Å². The summed E-state index contributed by atoms with van der Waals surface area (Å²) in [4.78, 5) is 14.8. The molecule has 1 heterocycles. The maximum Gasteiger partial charge on any atom is 0.246 e. The van der Waals surface area contributed by atoms with E-state index in [1.54, 1.807) is 0 Å². The Hall–Kier alpha value is -0.650. The molecule has 3 aliphatic rings. The van der Waals surface area contributed by atoms with E-state index in [2.05, 4.69) is 10.2 Å². The molecule has 2 saturated carbocycles. The molecule has 0 atom stereocenters. The molecule has 0 unspecified atom stereocenters. The molecule has 1 saturated heterocycles. The minimum atomic E-state index is 0.0544. The van der Waals surface area contributed by atoms with Gasteiger partial charge in [0.05, 0.1) is 19.3 Å². The zero-order valence-electron chi connectivity index (χ0n) is 15.1. The molecule has 2 aliphatic carbocycles. The van der Waals surface area contributed by atoms with E-state index in [0.717, 1.165) is 45.7 Å². The van der Waals surface area contributed by atoms with E-state index in [1.807, 2.05) is 0 Å². The molecule has 0 bridgehead atoms. The van der Waals surface area contributed by atoms with Crippen LogP contribution >= 0.6 is 0 Å². The van der Waals surface area contributed by atoms with Gasteiger partial charge in [-0.05, 0) is 25.7 Å². The fraction of sp³-hybridized carbons (Fsp3) is 0.947. The van der Waals surface area contributed by atoms with Crippen molar-refractivity contribution in [1.29, 1.82) is 0 Å². The normalized spacial score (nSPS) is 26.2. The minimum absolute atomic E-state index is 0.0544. The van der Waals surface area contributed by atoms with Crippen LogP contribution in [0, 0.1) is 0 Å². The third-order valence-corrected chi connectivity index (χ3v) is 6.08. The maximum absolute atomic E-state index is 12.3. The first kappa shape index (κ1) is 18.2. The molecule has 5 nitrogen and oxygen atoms in total. The van der Waals surface area contributed by atoms with Crippen LogP contribution in [-0.2, 0) is 14.3 Å². The molecule has 0 aromatic heterocycles. The first-order valence-electron chi connectivity index (χ1n) is 10.00. The van der Waals surface area contributed by atoms with Crippen molar-refractivity contribution in [2.75, 3.05) is 39.5 Å². The molecule has 5 heteroatoms. The van der Waals surface area contributed by atoms with Gasteiger partial charge in [0.1, 0.15) is 6.61 Å². The van der Waals surface area contributed by atoms with E-state index in [0.29, 0.717) is 6.10 Å². The summed E-state index contributed by atoms with van der Waals surface area (Å²) >= 11 is 0. The van der Waals surface area contributed by atoms with Crippen molar-refractivity contribution in [1.82, 2.24) is 10.2 Å². The van der Waals surface area contributed by atoms with Gasteiger partial charge in [0.15, 0.2) is 0 Å². The Bertz CT molecular complexity index is 384. The number of carbonyl (C=O) groups is 1. The molecule has 1 amide bonds. The monoisotopic (exact) mass is 338 g/mol. The van der Waals surface area contributed by atoms with Gasteiger partial charge in [-0.25, -0.2) is 0 Å². The lowest BCUT2D eigenvalue weighted by Crippen LogP contribution is -2.59. The molecule has 0 spiro atoms. The van der Waals surface area contributed by atoms with Gasteiger partial charge in [-0.2, -0.15) is 0 Å². The molecule has 138 valence electrons. The Morgan fingerprint density at radius 3 is 2.42 bits per heavy atom. The lowest BCUT2D eigenvalue weighted by Gasteiger charge is -2.48. The van der Waals surface area contributed by atoms with Gasteiger partial charge >= 0.3 is 0 Å². The van der Waals surface area contributed by atoms with Crippen LogP contribution in [0.15, 0.2) is 0 Å². The van der Waals surface area contributed by atoms with Crippen LogP contribution in [-0.4, -0.2) is 61.9 Å². The highest BCUT2D eigenvalue weighted by Crippen LogP contribution is 2.33. The Balaban J connectivity index is 1.46. The van der Waals surface area contributed by atoms with Gasteiger partial charge < -0.3 is 14.8 Å². The van der Waals surface area contributed by atoms with E-state index >= 15 is 0 Å². The molecular formula is C19H34N2O3. The highest BCUT2D eigenvalue weighted by Gasteiger charge is 2.38. The SMILES string of the molecule is O=C(COC1CCCCC1)NCC1(N2CCOCC2)CCCCC1.